The lowest BCUT2D eigenvalue weighted by Crippen LogP contribution is -2.40. The highest BCUT2D eigenvalue weighted by Crippen LogP contribution is 2.43. The van der Waals surface area contributed by atoms with Gasteiger partial charge in [0, 0.05) is 18.7 Å². The first-order chi connectivity index (χ1) is 10.7. The molecule has 1 aliphatic heterocycles. The van der Waals surface area contributed by atoms with Gasteiger partial charge in [-0.2, -0.15) is 0 Å². The maximum atomic E-state index is 11.4. The van der Waals surface area contributed by atoms with Gasteiger partial charge < -0.3 is 20.3 Å². The molecule has 0 fully saturated rings. The van der Waals surface area contributed by atoms with Crippen LogP contribution in [-0.2, 0) is 12.2 Å². The molecule has 22 heavy (non-hydrogen) atoms. The summed E-state index contributed by atoms with van der Waals surface area (Å²) in [5, 5.41) is 24.0. The second kappa shape index (κ2) is 6.26. The van der Waals surface area contributed by atoms with Crippen LogP contribution in [0.1, 0.15) is 16.7 Å². The van der Waals surface area contributed by atoms with Gasteiger partial charge in [-0.1, -0.05) is 48.0 Å². The van der Waals surface area contributed by atoms with Crippen molar-refractivity contribution in [2.24, 2.45) is 0 Å². The molecule has 0 saturated heterocycles. The van der Waals surface area contributed by atoms with Gasteiger partial charge in [-0.3, -0.25) is 0 Å². The molecule has 0 spiro atoms. The smallest absolute Gasteiger partial charge is 0.144 e. The van der Waals surface area contributed by atoms with Crippen molar-refractivity contribution in [1.29, 1.82) is 0 Å². The van der Waals surface area contributed by atoms with Crippen molar-refractivity contribution in [3.63, 3.8) is 0 Å². The van der Waals surface area contributed by atoms with Crippen molar-refractivity contribution in [3.8, 4) is 5.75 Å². The van der Waals surface area contributed by atoms with Gasteiger partial charge >= 0.3 is 0 Å². The van der Waals surface area contributed by atoms with Crippen LogP contribution in [0.3, 0.4) is 0 Å². The molecule has 0 saturated carbocycles. The monoisotopic (exact) mass is 319 g/mol. The fourth-order valence-electron chi connectivity index (χ4n) is 2.86. The van der Waals surface area contributed by atoms with Crippen molar-refractivity contribution in [1.82, 2.24) is 5.32 Å². The third kappa shape index (κ3) is 2.59. The summed E-state index contributed by atoms with van der Waals surface area (Å²) in [6.45, 7) is 1.04. The van der Waals surface area contributed by atoms with Gasteiger partial charge in [0.2, 0.25) is 0 Å². The van der Waals surface area contributed by atoms with Gasteiger partial charge in [0.15, 0.2) is 0 Å². The van der Waals surface area contributed by atoms with Gasteiger partial charge in [0.1, 0.15) is 18.0 Å². The summed E-state index contributed by atoms with van der Waals surface area (Å²) in [6, 6.07) is 13.0. The maximum absolute atomic E-state index is 11.4. The quantitative estimate of drug-likeness (QED) is 0.755. The zero-order valence-corrected chi connectivity index (χ0v) is 12.8. The summed E-state index contributed by atoms with van der Waals surface area (Å²) in [7, 11) is 0. The van der Waals surface area contributed by atoms with E-state index in [1.807, 2.05) is 30.3 Å². The van der Waals surface area contributed by atoms with E-state index in [2.05, 4.69) is 5.32 Å². The van der Waals surface area contributed by atoms with Crippen LogP contribution in [0.5, 0.6) is 5.75 Å². The Bertz CT molecular complexity index is 677. The largest absolute Gasteiger partial charge is 0.487 e. The normalized spacial score (nSPS) is 19.8. The van der Waals surface area contributed by atoms with Crippen LogP contribution >= 0.6 is 11.6 Å². The summed E-state index contributed by atoms with van der Waals surface area (Å²) in [4.78, 5) is 0. The Kier molecular flexibility index (Phi) is 4.36. The molecule has 1 atom stereocenters. The molecule has 0 aliphatic carbocycles. The molecule has 4 nitrogen and oxygen atoms in total. The van der Waals surface area contributed by atoms with E-state index in [-0.39, 0.29) is 13.2 Å². The zero-order chi connectivity index (χ0) is 15.6. The summed E-state index contributed by atoms with van der Waals surface area (Å²) in [5.74, 6) is 0.508. The van der Waals surface area contributed by atoms with E-state index in [0.29, 0.717) is 29.5 Å². The minimum atomic E-state index is -1.26. The first-order valence-corrected chi connectivity index (χ1v) is 7.59. The van der Waals surface area contributed by atoms with E-state index in [1.54, 1.807) is 12.1 Å². The van der Waals surface area contributed by atoms with E-state index >= 15 is 0 Å². The van der Waals surface area contributed by atoms with Crippen LogP contribution in [0.2, 0.25) is 5.02 Å². The molecular formula is C17H18ClNO3. The maximum Gasteiger partial charge on any atom is 0.144 e. The molecule has 1 heterocycles. The SMILES string of the molecule is OCCNCC1(O)c2ccccc2COc2c(Cl)cccc21. The van der Waals surface area contributed by atoms with E-state index < -0.39 is 5.60 Å². The minimum Gasteiger partial charge on any atom is -0.487 e. The summed E-state index contributed by atoms with van der Waals surface area (Å²) >= 11 is 6.25. The zero-order valence-electron chi connectivity index (χ0n) is 12.1. The van der Waals surface area contributed by atoms with Crippen LogP contribution in [0.25, 0.3) is 0 Å². The number of fused-ring (bicyclic) bond motifs is 2. The van der Waals surface area contributed by atoms with Crippen molar-refractivity contribution < 1.29 is 14.9 Å². The van der Waals surface area contributed by atoms with Crippen LogP contribution in [0.4, 0.5) is 0 Å². The number of rotatable bonds is 4. The third-order valence-corrected chi connectivity index (χ3v) is 4.21. The van der Waals surface area contributed by atoms with Gasteiger partial charge in [0.25, 0.3) is 0 Å². The number of para-hydroxylation sites is 1. The summed E-state index contributed by atoms with van der Waals surface area (Å²) < 4.78 is 5.84. The molecule has 116 valence electrons. The Hall–Kier alpha value is -1.59. The highest BCUT2D eigenvalue weighted by molar-refractivity contribution is 6.32. The lowest BCUT2D eigenvalue weighted by molar-refractivity contribution is 0.0779. The molecule has 3 N–H and O–H groups in total. The number of hydrogen-bond acceptors (Lipinski definition) is 4. The molecule has 1 aliphatic rings. The number of ether oxygens (including phenoxy) is 1. The van der Waals surface area contributed by atoms with Crippen molar-refractivity contribution in [2.75, 3.05) is 19.7 Å². The van der Waals surface area contributed by atoms with Gasteiger partial charge in [-0.05, 0) is 17.2 Å². The second-order valence-electron chi connectivity index (χ2n) is 5.32. The number of nitrogens with one attached hydrogen (secondary N) is 1. The second-order valence-corrected chi connectivity index (χ2v) is 5.73. The molecule has 2 aromatic rings. The first-order valence-electron chi connectivity index (χ1n) is 7.21. The molecule has 0 aromatic heterocycles. The molecule has 5 heteroatoms. The Morgan fingerprint density at radius 3 is 2.73 bits per heavy atom. The number of hydrogen-bond donors (Lipinski definition) is 3. The minimum absolute atomic E-state index is 0.0105. The number of aliphatic hydroxyl groups is 2. The highest BCUT2D eigenvalue weighted by atomic mass is 35.5. The van der Waals surface area contributed by atoms with Crippen molar-refractivity contribution in [2.45, 2.75) is 12.2 Å². The van der Waals surface area contributed by atoms with Crippen molar-refractivity contribution >= 4 is 11.6 Å². The number of halogens is 1. The van der Waals surface area contributed by atoms with Crippen LogP contribution in [0.15, 0.2) is 42.5 Å². The number of benzene rings is 2. The molecular weight excluding hydrogens is 302 g/mol. The molecule has 2 aromatic carbocycles. The predicted octanol–water partition coefficient (Wildman–Crippen LogP) is 2.05. The van der Waals surface area contributed by atoms with Gasteiger partial charge in [-0.15, -0.1) is 0 Å². The average molecular weight is 320 g/mol. The van der Waals surface area contributed by atoms with Gasteiger partial charge in [0.05, 0.1) is 11.6 Å². The molecule has 3 rings (SSSR count). The standard InChI is InChI=1S/C17H18ClNO3/c18-15-7-3-6-14-16(15)22-10-12-4-1-2-5-13(12)17(14,21)11-19-8-9-20/h1-7,19-21H,8-11H2. The Labute approximate surface area is 134 Å². The molecule has 0 radical (unpaired) electrons. The topological polar surface area (TPSA) is 61.7 Å². The van der Waals surface area contributed by atoms with E-state index in [0.717, 1.165) is 11.1 Å². The Balaban J connectivity index is 2.14. The fraction of sp³-hybridized carbons (Fsp3) is 0.294. The number of aliphatic hydroxyl groups excluding tert-OH is 1. The molecule has 0 amide bonds. The fourth-order valence-corrected chi connectivity index (χ4v) is 3.09. The van der Waals surface area contributed by atoms with Crippen molar-refractivity contribution in [3.05, 3.63) is 64.2 Å². The van der Waals surface area contributed by atoms with Crippen LogP contribution in [0, 0.1) is 0 Å². The van der Waals surface area contributed by atoms with E-state index in [1.165, 1.54) is 0 Å². The molecule has 1 unspecified atom stereocenters. The average Bonchev–Trinajstić information content (AvgIpc) is 2.65. The Morgan fingerprint density at radius 1 is 1.14 bits per heavy atom. The lowest BCUT2D eigenvalue weighted by atomic mass is 9.83. The van der Waals surface area contributed by atoms with Crippen LogP contribution in [-0.4, -0.2) is 29.9 Å². The predicted molar refractivity (Wildman–Crippen MR) is 85.2 cm³/mol. The Morgan fingerprint density at radius 2 is 1.91 bits per heavy atom. The highest BCUT2D eigenvalue weighted by Gasteiger charge is 2.38. The first kappa shape index (κ1) is 15.3. The van der Waals surface area contributed by atoms with E-state index in [9.17, 15) is 5.11 Å². The lowest BCUT2D eigenvalue weighted by Gasteiger charge is -2.30. The van der Waals surface area contributed by atoms with Crippen LogP contribution < -0.4 is 10.1 Å². The van der Waals surface area contributed by atoms with Gasteiger partial charge in [-0.25, -0.2) is 0 Å². The third-order valence-electron chi connectivity index (χ3n) is 3.92. The summed E-state index contributed by atoms with van der Waals surface area (Å²) in [6.07, 6.45) is 0. The van der Waals surface area contributed by atoms with E-state index in [4.69, 9.17) is 21.4 Å². The summed E-state index contributed by atoms with van der Waals surface area (Å²) in [5.41, 5.74) is 1.09. The molecule has 0 bridgehead atoms.